The normalized spacial score (nSPS) is 23.8. The second-order valence-corrected chi connectivity index (χ2v) is 7.34. The summed E-state index contributed by atoms with van der Waals surface area (Å²) in [5.74, 6) is 1.42. The summed E-state index contributed by atoms with van der Waals surface area (Å²) >= 11 is 0. The largest absolute Gasteiger partial charge is 0.497 e. The molecule has 0 aromatic heterocycles. The fourth-order valence-electron chi connectivity index (χ4n) is 2.50. The number of hydrogen-bond acceptors (Lipinski definition) is 4. The first-order valence-corrected chi connectivity index (χ1v) is 8.43. The summed E-state index contributed by atoms with van der Waals surface area (Å²) in [5.41, 5.74) is 1.14. The van der Waals surface area contributed by atoms with E-state index in [2.05, 4.69) is 12.2 Å². The highest BCUT2D eigenvalue weighted by Gasteiger charge is 2.25. The highest BCUT2D eigenvalue weighted by molar-refractivity contribution is 7.91. The molecular formula is C14H21NO3S. The van der Waals surface area contributed by atoms with Crippen LogP contribution >= 0.6 is 0 Å². The van der Waals surface area contributed by atoms with Crippen LogP contribution in [0.25, 0.3) is 0 Å². The molecule has 106 valence electrons. The molecule has 19 heavy (non-hydrogen) atoms. The van der Waals surface area contributed by atoms with E-state index in [-0.39, 0.29) is 17.8 Å². The number of benzene rings is 1. The van der Waals surface area contributed by atoms with Crippen molar-refractivity contribution in [2.75, 3.05) is 18.6 Å². The van der Waals surface area contributed by atoms with Gasteiger partial charge < -0.3 is 10.1 Å². The Labute approximate surface area is 115 Å². The summed E-state index contributed by atoms with van der Waals surface area (Å²) in [4.78, 5) is 0. The summed E-state index contributed by atoms with van der Waals surface area (Å²) in [7, 11) is -1.21. The van der Waals surface area contributed by atoms with E-state index in [1.165, 1.54) is 0 Å². The Hall–Kier alpha value is -1.07. The molecule has 0 saturated carbocycles. The quantitative estimate of drug-likeness (QED) is 0.917. The molecule has 1 saturated heterocycles. The first-order chi connectivity index (χ1) is 9.00. The zero-order valence-electron chi connectivity index (χ0n) is 11.4. The van der Waals surface area contributed by atoms with E-state index in [1.54, 1.807) is 7.11 Å². The van der Waals surface area contributed by atoms with E-state index in [0.717, 1.165) is 24.2 Å². The third-order valence-corrected chi connectivity index (χ3v) is 5.39. The minimum absolute atomic E-state index is 0.0656. The van der Waals surface area contributed by atoms with Crippen LogP contribution in [0.3, 0.4) is 0 Å². The Kier molecular flexibility index (Phi) is 4.47. The van der Waals surface area contributed by atoms with Gasteiger partial charge in [-0.2, -0.15) is 0 Å². The first kappa shape index (κ1) is 14.3. The molecule has 2 rings (SSSR count). The lowest BCUT2D eigenvalue weighted by Gasteiger charge is -2.26. The van der Waals surface area contributed by atoms with Crippen molar-refractivity contribution < 1.29 is 13.2 Å². The van der Waals surface area contributed by atoms with E-state index in [0.29, 0.717) is 5.75 Å². The molecule has 4 nitrogen and oxygen atoms in total. The maximum atomic E-state index is 11.6. The molecule has 1 aliphatic heterocycles. The molecule has 1 N–H and O–H groups in total. The van der Waals surface area contributed by atoms with Crippen LogP contribution < -0.4 is 10.1 Å². The monoisotopic (exact) mass is 283 g/mol. The van der Waals surface area contributed by atoms with Crippen molar-refractivity contribution in [1.29, 1.82) is 0 Å². The van der Waals surface area contributed by atoms with Crippen molar-refractivity contribution in [3.63, 3.8) is 0 Å². The third kappa shape index (κ3) is 3.94. The van der Waals surface area contributed by atoms with Crippen molar-refractivity contribution >= 4 is 9.84 Å². The molecule has 1 aliphatic rings. The molecule has 1 unspecified atom stereocenters. The number of sulfone groups is 1. The number of ether oxygens (including phenoxy) is 1. The highest BCUT2D eigenvalue weighted by atomic mass is 32.2. The highest BCUT2D eigenvalue weighted by Crippen LogP contribution is 2.20. The Bertz CT molecular complexity index is 510. The van der Waals surface area contributed by atoms with Crippen LogP contribution in [0.1, 0.15) is 31.4 Å². The van der Waals surface area contributed by atoms with Crippen LogP contribution in [-0.2, 0) is 9.84 Å². The van der Waals surface area contributed by atoms with Gasteiger partial charge in [0.2, 0.25) is 0 Å². The predicted molar refractivity (Wildman–Crippen MR) is 76.2 cm³/mol. The van der Waals surface area contributed by atoms with Gasteiger partial charge in [-0.15, -0.1) is 0 Å². The summed E-state index contributed by atoms with van der Waals surface area (Å²) in [6, 6.07) is 8.07. The average molecular weight is 283 g/mol. The van der Waals surface area contributed by atoms with Crippen molar-refractivity contribution in [3.8, 4) is 5.75 Å². The SMILES string of the molecule is COc1ccc([C@@H](C)NC2CCCS(=O)(=O)C2)cc1. The van der Waals surface area contributed by atoms with Gasteiger partial charge in [-0.1, -0.05) is 12.1 Å². The van der Waals surface area contributed by atoms with Crippen molar-refractivity contribution in [2.45, 2.75) is 31.8 Å². The van der Waals surface area contributed by atoms with Crippen LogP contribution in [0, 0.1) is 0 Å². The van der Waals surface area contributed by atoms with Crippen molar-refractivity contribution in [3.05, 3.63) is 29.8 Å². The smallest absolute Gasteiger partial charge is 0.151 e. The van der Waals surface area contributed by atoms with E-state index < -0.39 is 9.84 Å². The number of methoxy groups -OCH3 is 1. The lowest BCUT2D eigenvalue weighted by Crippen LogP contribution is -2.41. The molecule has 0 aliphatic carbocycles. The van der Waals surface area contributed by atoms with Gasteiger partial charge in [0.15, 0.2) is 9.84 Å². The summed E-state index contributed by atoms with van der Waals surface area (Å²) < 4.78 is 28.3. The molecule has 0 amide bonds. The van der Waals surface area contributed by atoms with Gasteiger partial charge in [0.05, 0.1) is 18.6 Å². The molecule has 1 aromatic rings. The minimum Gasteiger partial charge on any atom is -0.497 e. The maximum Gasteiger partial charge on any atom is 0.151 e. The molecule has 1 heterocycles. The van der Waals surface area contributed by atoms with Gasteiger partial charge in [0.25, 0.3) is 0 Å². The first-order valence-electron chi connectivity index (χ1n) is 6.60. The van der Waals surface area contributed by atoms with Gasteiger partial charge in [0.1, 0.15) is 5.75 Å². The van der Waals surface area contributed by atoms with E-state index in [1.807, 2.05) is 24.3 Å². The van der Waals surface area contributed by atoms with Crippen LogP contribution in [0.2, 0.25) is 0 Å². The molecule has 0 radical (unpaired) electrons. The Balaban J connectivity index is 1.98. The van der Waals surface area contributed by atoms with E-state index in [9.17, 15) is 8.42 Å². The minimum atomic E-state index is -2.85. The second-order valence-electron chi connectivity index (χ2n) is 5.12. The molecule has 5 heteroatoms. The number of rotatable bonds is 4. The average Bonchev–Trinajstić information content (AvgIpc) is 2.37. The van der Waals surface area contributed by atoms with Crippen LogP contribution in [0.5, 0.6) is 5.75 Å². The fourth-order valence-corrected chi connectivity index (χ4v) is 4.15. The second kappa shape index (κ2) is 5.92. The standard InChI is InChI=1S/C14H21NO3S/c1-11(12-5-7-14(18-2)8-6-12)15-13-4-3-9-19(16,17)10-13/h5-8,11,13,15H,3-4,9-10H2,1-2H3/t11-,13?/m1/s1. The number of nitrogens with one attached hydrogen (secondary N) is 1. The van der Waals surface area contributed by atoms with E-state index >= 15 is 0 Å². The van der Waals surface area contributed by atoms with E-state index in [4.69, 9.17) is 4.74 Å². The Morgan fingerprint density at radius 2 is 2.00 bits per heavy atom. The maximum absolute atomic E-state index is 11.6. The predicted octanol–water partition coefficient (Wildman–Crippen LogP) is 1.92. The number of hydrogen-bond donors (Lipinski definition) is 1. The van der Waals surface area contributed by atoms with Crippen LogP contribution in [0.15, 0.2) is 24.3 Å². The van der Waals surface area contributed by atoms with Crippen molar-refractivity contribution in [1.82, 2.24) is 5.32 Å². The van der Waals surface area contributed by atoms with Crippen LogP contribution in [-0.4, -0.2) is 33.1 Å². The Morgan fingerprint density at radius 3 is 2.58 bits per heavy atom. The topological polar surface area (TPSA) is 55.4 Å². The van der Waals surface area contributed by atoms with Gasteiger partial charge >= 0.3 is 0 Å². The Morgan fingerprint density at radius 1 is 1.32 bits per heavy atom. The molecule has 0 spiro atoms. The van der Waals surface area contributed by atoms with Crippen LogP contribution in [0.4, 0.5) is 0 Å². The zero-order chi connectivity index (χ0) is 13.9. The van der Waals surface area contributed by atoms with Gasteiger partial charge in [-0.3, -0.25) is 0 Å². The van der Waals surface area contributed by atoms with Gasteiger partial charge in [-0.05, 0) is 37.5 Å². The molecular weight excluding hydrogens is 262 g/mol. The lowest BCUT2D eigenvalue weighted by molar-refractivity contribution is 0.413. The fraction of sp³-hybridized carbons (Fsp3) is 0.571. The van der Waals surface area contributed by atoms with Crippen molar-refractivity contribution in [2.24, 2.45) is 0 Å². The third-order valence-electron chi connectivity index (χ3n) is 3.56. The lowest BCUT2D eigenvalue weighted by atomic mass is 10.1. The molecule has 2 atom stereocenters. The van der Waals surface area contributed by atoms with Gasteiger partial charge in [-0.25, -0.2) is 8.42 Å². The summed E-state index contributed by atoms with van der Waals surface area (Å²) in [5, 5.41) is 3.41. The summed E-state index contributed by atoms with van der Waals surface area (Å²) in [6.07, 6.45) is 1.69. The molecule has 1 aromatic carbocycles. The van der Waals surface area contributed by atoms with Gasteiger partial charge in [0, 0.05) is 12.1 Å². The summed E-state index contributed by atoms with van der Waals surface area (Å²) in [6.45, 7) is 2.06. The molecule has 1 fully saturated rings. The zero-order valence-corrected chi connectivity index (χ0v) is 12.2. The molecule has 0 bridgehead atoms.